The normalized spacial score (nSPS) is 11.8. The number of nitrogens with one attached hydrogen (secondary N) is 2. The third kappa shape index (κ3) is 4.43. The molecule has 0 radical (unpaired) electrons. The molecule has 0 aliphatic rings. The van der Waals surface area contributed by atoms with Gasteiger partial charge in [-0.3, -0.25) is 9.59 Å². The van der Waals surface area contributed by atoms with Gasteiger partial charge in [-0.05, 0) is 50.1 Å². The number of aliphatic hydroxyl groups excluding tert-OH is 1. The van der Waals surface area contributed by atoms with Crippen LogP contribution in [-0.4, -0.2) is 29.6 Å². The Balaban J connectivity index is 2.12. The van der Waals surface area contributed by atoms with Crippen molar-refractivity contribution in [3.05, 3.63) is 53.5 Å². The lowest BCUT2D eigenvalue weighted by Gasteiger charge is -2.14. The molecule has 6 nitrogen and oxygen atoms in total. The highest BCUT2D eigenvalue weighted by Gasteiger charge is 2.14. The molecule has 1 aromatic heterocycles. The predicted octanol–water partition coefficient (Wildman–Crippen LogP) is 2.34. The highest BCUT2D eigenvalue weighted by atomic mass is 16.3. The standard InChI is InChI=1S/C17H20N2O4/c1-11-5-6-13(16(21)18-12(2)7-8-20)10-14(11)19-17(22)15-4-3-9-23-15/h3-6,9-10,12,20H,7-8H2,1-2H3,(H,18,21)(H,19,22). The summed E-state index contributed by atoms with van der Waals surface area (Å²) in [5.74, 6) is -0.417. The highest BCUT2D eigenvalue weighted by molar-refractivity contribution is 6.03. The van der Waals surface area contributed by atoms with Gasteiger partial charge in [-0.15, -0.1) is 0 Å². The molecule has 1 atom stereocenters. The van der Waals surface area contributed by atoms with Crippen LogP contribution in [0, 0.1) is 6.92 Å². The monoisotopic (exact) mass is 316 g/mol. The van der Waals surface area contributed by atoms with Crippen LogP contribution in [0.25, 0.3) is 0 Å². The number of benzene rings is 1. The van der Waals surface area contributed by atoms with Crippen molar-refractivity contribution in [3.8, 4) is 0 Å². The van der Waals surface area contributed by atoms with E-state index >= 15 is 0 Å². The van der Waals surface area contributed by atoms with Crippen molar-refractivity contribution in [2.45, 2.75) is 26.3 Å². The van der Waals surface area contributed by atoms with E-state index in [9.17, 15) is 9.59 Å². The smallest absolute Gasteiger partial charge is 0.291 e. The molecule has 1 heterocycles. The van der Waals surface area contributed by atoms with Gasteiger partial charge in [-0.2, -0.15) is 0 Å². The fourth-order valence-electron chi connectivity index (χ4n) is 2.06. The quantitative estimate of drug-likeness (QED) is 0.763. The van der Waals surface area contributed by atoms with Crippen molar-refractivity contribution in [2.24, 2.45) is 0 Å². The summed E-state index contributed by atoms with van der Waals surface area (Å²) in [5, 5.41) is 14.4. The molecule has 0 aliphatic carbocycles. The third-order valence-corrected chi connectivity index (χ3v) is 3.43. The molecule has 6 heteroatoms. The lowest BCUT2D eigenvalue weighted by Crippen LogP contribution is -2.33. The van der Waals surface area contributed by atoms with Crippen LogP contribution in [0.4, 0.5) is 5.69 Å². The molecule has 122 valence electrons. The lowest BCUT2D eigenvalue weighted by atomic mass is 10.1. The Morgan fingerprint density at radius 3 is 2.70 bits per heavy atom. The van der Waals surface area contributed by atoms with Crippen LogP contribution in [0.3, 0.4) is 0 Å². The van der Waals surface area contributed by atoms with Crippen LogP contribution in [0.5, 0.6) is 0 Å². The van der Waals surface area contributed by atoms with E-state index in [1.165, 1.54) is 6.26 Å². The van der Waals surface area contributed by atoms with Crippen molar-refractivity contribution in [2.75, 3.05) is 11.9 Å². The van der Waals surface area contributed by atoms with Crippen LogP contribution in [0.2, 0.25) is 0 Å². The zero-order valence-electron chi connectivity index (χ0n) is 13.1. The van der Waals surface area contributed by atoms with E-state index in [0.717, 1.165) is 5.56 Å². The van der Waals surface area contributed by atoms with E-state index in [0.29, 0.717) is 17.7 Å². The molecule has 0 saturated carbocycles. The van der Waals surface area contributed by atoms with Crippen LogP contribution in [0.1, 0.15) is 39.8 Å². The summed E-state index contributed by atoms with van der Waals surface area (Å²) < 4.78 is 5.05. The molecule has 2 rings (SSSR count). The minimum atomic E-state index is -0.371. The number of amides is 2. The molecule has 1 unspecified atom stereocenters. The van der Waals surface area contributed by atoms with E-state index in [-0.39, 0.29) is 30.2 Å². The van der Waals surface area contributed by atoms with Crippen LogP contribution >= 0.6 is 0 Å². The molecule has 23 heavy (non-hydrogen) atoms. The van der Waals surface area contributed by atoms with Gasteiger partial charge in [-0.1, -0.05) is 6.07 Å². The Morgan fingerprint density at radius 1 is 1.26 bits per heavy atom. The molecular weight excluding hydrogens is 296 g/mol. The van der Waals surface area contributed by atoms with Gasteiger partial charge in [0.25, 0.3) is 11.8 Å². The Kier molecular flexibility index (Phi) is 5.54. The minimum Gasteiger partial charge on any atom is -0.459 e. The van der Waals surface area contributed by atoms with Crippen LogP contribution in [0.15, 0.2) is 41.0 Å². The number of rotatable bonds is 6. The second kappa shape index (κ2) is 7.60. The Hall–Kier alpha value is -2.60. The zero-order valence-corrected chi connectivity index (χ0v) is 13.1. The van der Waals surface area contributed by atoms with Crippen LogP contribution in [-0.2, 0) is 0 Å². The van der Waals surface area contributed by atoms with Crippen molar-refractivity contribution < 1.29 is 19.1 Å². The van der Waals surface area contributed by atoms with E-state index < -0.39 is 0 Å². The van der Waals surface area contributed by atoms with Gasteiger partial charge in [0, 0.05) is 23.9 Å². The number of furan rings is 1. The molecule has 3 N–H and O–H groups in total. The SMILES string of the molecule is Cc1ccc(C(=O)NC(C)CCO)cc1NC(=O)c1ccco1. The van der Waals surface area contributed by atoms with E-state index in [4.69, 9.17) is 9.52 Å². The second-order valence-corrected chi connectivity index (χ2v) is 5.35. The van der Waals surface area contributed by atoms with Gasteiger partial charge in [0.05, 0.1) is 6.26 Å². The van der Waals surface area contributed by atoms with Gasteiger partial charge in [0.1, 0.15) is 0 Å². The van der Waals surface area contributed by atoms with Gasteiger partial charge >= 0.3 is 0 Å². The van der Waals surface area contributed by atoms with Crippen molar-refractivity contribution >= 4 is 17.5 Å². The summed E-state index contributed by atoms with van der Waals surface area (Å²) in [6.45, 7) is 3.68. The molecule has 0 spiro atoms. The summed E-state index contributed by atoms with van der Waals surface area (Å²) in [7, 11) is 0. The number of aryl methyl sites for hydroxylation is 1. The predicted molar refractivity (Wildman–Crippen MR) is 86.5 cm³/mol. The van der Waals surface area contributed by atoms with E-state index in [2.05, 4.69) is 10.6 Å². The first-order valence-corrected chi connectivity index (χ1v) is 7.38. The van der Waals surface area contributed by atoms with E-state index in [1.54, 1.807) is 30.3 Å². The maximum absolute atomic E-state index is 12.2. The molecule has 1 aromatic carbocycles. The molecule has 2 amide bonds. The topological polar surface area (TPSA) is 91.6 Å². The molecule has 0 fully saturated rings. The number of anilines is 1. The number of aliphatic hydroxyl groups is 1. The number of carbonyl (C=O) groups excluding carboxylic acids is 2. The number of hydrogen-bond acceptors (Lipinski definition) is 4. The average molecular weight is 316 g/mol. The fourth-order valence-corrected chi connectivity index (χ4v) is 2.06. The Morgan fingerprint density at radius 2 is 2.04 bits per heavy atom. The first kappa shape index (κ1) is 16.8. The van der Waals surface area contributed by atoms with Crippen molar-refractivity contribution in [1.82, 2.24) is 5.32 Å². The number of hydrogen-bond donors (Lipinski definition) is 3. The fraction of sp³-hybridized carbons (Fsp3) is 0.294. The molecule has 0 saturated heterocycles. The first-order valence-electron chi connectivity index (χ1n) is 7.38. The Labute approximate surface area is 134 Å². The molecule has 0 aliphatic heterocycles. The van der Waals surface area contributed by atoms with Crippen LogP contribution < -0.4 is 10.6 Å². The summed E-state index contributed by atoms with van der Waals surface area (Å²) in [6.07, 6.45) is 1.91. The van der Waals surface area contributed by atoms with Crippen molar-refractivity contribution in [1.29, 1.82) is 0 Å². The summed E-state index contributed by atoms with van der Waals surface area (Å²) >= 11 is 0. The summed E-state index contributed by atoms with van der Waals surface area (Å²) in [4.78, 5) is 24.2. The molecular formula is C17H20N2O4. The minimum absolute atomic E-state index is 0.0137. The third-order valence-electron chi connectivity index (χ3n) is 3.43. The summed E-state index contributed by atoms with van der Waals surface area (Å²) in [5.41, 5.74) is 1.83. The van der Waals surface area contributed by atoms with Gasteiger partial charge in [0.15, 0.2) is 5.76 Å². The summed E-state index contributed by atoms with van der Waals surface area (Å²) in [6, 6.07) is 8.15. The first-order chi connectivity index (χ1) is 11.0. The molecule has 0 bridgehead atoms. The largest absolute Gasteiger partial charge is 0.459 e. The van der Waals surface area contributed by atoms with Gasteiger partial charge < -0.3 is 20.2 Å². The maximum atomic E-state index is 12.2. The van der Waals surface area contributed by atoms with Crippen molar-refractivity contribution in [3.63, 3.8) is 0 Å². The number of carbonyl (C=O) groups is 2. The van der Waals surface area contributed by atoms with Gasteiger partial charge in [-0.25, -0.2) is 0 Å². The average Bonchev–Trinajstić information content (AvgIpc) is 3.04. The Bertz CT molecular complexity index is 680. The highest BCUT2D eigenvalue weighted by Crippen LogP contribution is 2.18. The zero-order chi connectivity index (χ0) is 16.8. The maximum Gasteiger partial charge on any atom is 0.291 e. The molecule has 2 aromatic rings. The van der Waals surface area contributed by atoms with E-state index in [1.807, 2.05) is 13.8 Å². The lowest BCUT2D eigenvalue weighted by molar-refractivity contribution is 0.0932. The van der Waals surface area contributed by atoms with Gasteiger partial charge in [0.2, 0.25) is 0 Å². The second-order valence-electron chi connectivity index (χ2n) is 5.35.